The van der Waals surface area contributed by atoms with Crippen LogP contribution in [0.5, 0.6) is 0 Å². The van der Waals surface area contributed by atoms with Crippen LogP contribution >= 0.6 is 27.7 Å². The summed E-state index contributed by atoms with van der Waals surface area (Å²) in [5.41, 5.74) is 1.38. The van der Waals surface area contributed by atoms with Gasteiger partial charge in [0.15, 0.2) is 0 Å². The molecule has 1 N–H and O–H groups in total. The SMILES string of the molecule is CSC(C)CNC(C)Cc1cccc(Br)c1. The summed E-state index contributed by atoms with van der Waals surface area (Å²) in [5.74, 6) is 0. The fraction of sp³-hybridized carbons (Fsp3) is 0.538. The fourth-order valence-electron chi connectivity index (χ4n) is 1.54. The first-order valence-electron chi connectivity index (χ1n) is 5.62. The molecule has 0 amide bonds. The number of benzene rings is 1. The van der Waals surface area contributed by atoms with Gasteiger partial charge in [-0.1, -0.05) is 35.0 Å². The lowest BCUT2D eigenvalue weighted by Gasteiger charge is -2.16. The van der Waals surface area contributed by atoms with Crippen molar-refractivity contribution in [1.29, 1.82) is 0 Å². The van der Waals surface area contributed by atoms with Gasteiger partial charge in [-0.2, -0.15) is 11.8 Å². The molecule has 0 aliphatic heterocycles. The summed E-state index contributed by atoms with van der Waals surface area (Å²) in [6.45, 7) is 5.58. The molecule has 2 atom stereocenters. The summed E-state index contributed by atoms with van der Waals surface area (Å²) in [4.78, 5) is 0. The first-order valence-corrected chi connectivity index (χ1v) is 7.70. The Morgan fingerprint density at radius 1 is 1.38 bits per heavy atom. The summed E-state index contributed by atoms with van der Waals surface area (Å²) in [7, 11) is 0. The van der Waals surface area contributed by atoms with Crippen LogP contribution in [0.2, 0.25) is 0 Å². The lowest BCUT2D eigenvalue weighted by atomic mass is 10.1. The minimum Gasteiger partial charge on any atom is -0.313 e. The highest BCUT2D eigenvalue weighted by atomic mass is 79.9. The number of rotatable bonds is 6. The number of hydrogen-bond donors (Lipinski definition) is 1. The highest BCUT2D eigenvalue weighted by Crippen LogP contribution is 2.13. The quantitative estimate of drug-likeness (QED) is 0.859. The second-order valence-corrected chi connectivity index (χ2v) is 6.38. The van der Waals surface area contributed by atoms with E-state index in [2.05, 4.69) is 65.6 Å². The highest BCUT2D eigenvalue weighted by Gasteiger charge is 2.05. The van der Waals surface area contributed by atoms with Gasteiger partial charge in [-0.15, -0.1) is 0 Å². The normalized spacial score (nSPS) is 14.8. The Morgan fingerprint density at radius 3 is 2.75 bits per heavy atom. The Balaban J connectivity index is 2.36. The van der Waals surface area contributed by atoms with Crippen molar-refractivity contribution < 1.29 is 0 Å². The highest BCUT2D eigenvalue weighted by molar-refractivity contribution is 9.10. The van der Waals surface area contributed by atoms with Crippen molar-refractivity contribution in [1.82, 2.24) is 5.32 Å². The van der Waals surface area contributed by atoms with Crippen molar-refractivity contribution in [2.24, 2.45) is 0 Å². The summed E-state index contributed by atoms with van der Waals surface area (Å²) in [5, 5.41) is 4.25. The largest absolute Gasteiger partial charge is 0.313 e. The summed E-state index contributed by atoms with van der Waals surface area (Å²) < 4.78 is 1.16. The van der Waals surface area contributed by atoms with Gasteiger partial charge in [-0.25, -0.2) is 0 Å². The Morgan fingerprint density at radius 2 is 2.12 bits per heavy atom. The first-order chi connectivity index (χ1) is 7.61. The van der Waals surface area contributed by atoms with Crippen LogP contribution in [0.25, 0.3) is 0 Å². The molecule has 0 fully saturated rings. The molecule has 0 saturated heterocycles. The van der Waals surface area contributed by atoms with Crippen molar-refractivity contribution in [3.8, 4) is 0 Å². The van der Waals surface area contributed by atoms with Crippen LogP contribution < -0.4 is 5.32 Å². The van der Waals surface area contributed by atoms with E-state index in [9.17, 15) is 0 Å². The minimum atomic E-state index is 0.531. The van der Waals surface area contributed by atoms with E-state index in [0.717, 1.165) is 17.4 Å². The van der Waals surface area contributed by atoms with Gasteiger partial charge in [0.2, 0.25) is 0 Å². The minimum absolute atomic E-state index is 0.531. The third-order valence-corrected chi connectivity index (χ3v) is 4.05. The van der Waals surface area contributed by atoms with Crippen molar-refractivity contribution in [2.45, 2.75) is 31.6 Å². The fourth-order valence-corrected chi connectivity index (χ4v) is 2.25. The molecule has 2 unspecified atom stereocenters. The standard InChI is InChI=1S/C13H20BrNS/c1-10(15-9-11(2)16-3)7-12-5-4-6-13(14)8-12/h4-6,8,10-11,15H,7,9H2,1-3H3. The van der Waals surface area contributed by atoms with E-state index in [0.29, 0.717) is 11.3 Å². The van der Waals surface area contributed by atoms with Crippen LogP contribution in [-0.2, 0) is 6.42 Å². The van der Waals surface area contributed by atoms with Crippen molar-refractivity contribution in [2.75, 3.05) is 12.8 Å². The van der Waals surface area contributed by atoms with Crippen LogP contribution in [0.1, 0.15) is 19.4 Å². The zero-order chi connectivity index (χ0) is 12.0. The molecule has 16 heavy (non-hydrogen) atoms. The molecule has 0 aliphatic carbocycles. The van der Waals surface area contributed by atoms with E-state index < -0.39 is 0 Å². The molecule has 1 aromatic carbocycles. The van der Waals surface area contributed by atoms with Gasteiger partial charge < -0.3 is 5.32 Å². The molecule has 0 bridgehead atoms. The Kier molecular flexibility index (Phi) is 6.47. The van der Waals surface area contributed by atoms with Gasteiger partial charge in [0.1, 0.15) is 0 Å². The Labute approximate surface area is 112 Å². The zero-order valence-corrected chi connectivity index (χ0v) is 12.6. The summed E-state index contributed by atoms with van der Waals surface area (Å²) >= 11 is 5.41. The van der Waals surface area contributed by atoms with Gasteiger partial charge in [-0.05, 0) is 37.3 Å². The van der Waals surface area contributed by atoms with E-state index >= 15 is 0 Å². The van der Waals surface area contributed by atoms with Gasteiger partial charge in [0.25, 0.3) is 0 Å². The maximum Gasteiger partial charge on any atom is 0.0178 e. The smallest absolute Gasteiger partial charge is 0.0178 e. The van der Waals surface area contributed by atoms with Gasteiger partial charge in [0.05, 0.1) is 0 Å². The molecular weight excluding hydrogens is 282 g/mol. The second kappa shape index (κ2) is 7.36. The molecule has 1 nitrogen and oxygen atoms in total. The van der Waals surface area contributed by atoms with Crippen LogP contribution in [0.3, 0.4) is 0 Å². The predicted octanol–water partition coefficient (Wildman–Crippen LogP) is 3.72. The van der Waals surface area contributed by atoms with Gasteiger partial charge >= 0.3 is 0 Å². The van der Waals surface area contributed by atoms with E-state index in [4.69, 9.17) is 0 Å². The number of hydrogen-bond acceptors (Lipinski definition) is 2. The lowest BCUT2D eigenvalue weighted by molar-refractivity contribution is 0.548. The van der Waals surface area contributed by atoms with E-state index in [1.165, 1.54) is 5.56 Å². The van der Waals surface area contributed by atoms with E-state index in [-0.39, 0.29) is 0 Å². The third kappa shape index (κ3) is 5.37. The Bertz CT molecular complexity index is 317. The average Bonchev–Trinajstić information content (AvgIpc) is 2.26. The monoisotopic (exact) mass is 301 g/mol. The third-order valence-electron chi connectivity index (χ3n) is 2.59. The van der Waals surface area contributed by atoms with E-state index in [1.54, 1.807) is 0 Å². The molecule has 0 saturated carbocycles. The molecular formula is C13H20BrNS. The van der Waals surface area contributed by atoms with Crippen LogP contribution in [-0.4, -0.2) is 24.1 Å². The molecule has 0 spiro atoms. The molecule has 1 rings (SSSR count). The van der Waals surface area contributed by atoms with Crippen molar-refractivity contribution >= 4 is 27.7 Å². The molecule has 0 aromatic heterocycles. The van der Waals surface area contributed by atoms with Crippen LogP contribution in [0.4, 0.5) is 0 Å². The van der Waals surface area contributed by atoms with Crippen LogP contribution in [0.15, 0.2) is 28.7 Å². The van der Waals surface area contributed by atoms with Gasteiger partial charge in [0, 0.05) is 22.3 Å². The first kappa shape index (κ1) is 14.1. The summed E-state index contributed by atoms with van der Waals surface area (Å²) in [6, 6.07) is 9.06. The zero-order valence-electron chi connectivity index (χ0n) is 10.2. The lowest BCUT2D eigenvalue weighted by Crippen LogP contribution is -2.32. The summed E-state index contributed by atoms with van der Waals surface area (Å²) in [6.07, 6.45) is 3.24. The number of thioether (sulfide) groups is 1. The molecule has 0 heterocycles. The second-order valence-electron chi connectivity index (χ2n) is 4.19. The van der Waals surface area contributed by atoms with E-state index in [1.807, 2.05) is 11.8 Å². The number of nitrogens with one attached hydrogen (secondary N) is 1. The maximum absolute atomic E-state index is 3.57. The van der Waals surface area contributed by atoms with Gasteiger partial charge in [-0.3, -0.25) is 0 Å². The Hall–Kier alpha value is 0.01000. The van der Waals surface area contributed by atoms with Crippen LogP contribution in [0, 0.1) is 0 Å². The molecule has 3 heteroatoms. The van der Waals surface area contributed by atoms with Crippen molar-refractivity contribution in [3.63, 3.8) is 0 Å². The molecule has 0 radical (unpaired) electrons. The average molecular weight is 302 g/mol. The topological polar surface area (TPSA) is 12.0 Å². The van der Waals surface area contributed by atoms with Crippen molar-refractivity contribution in [3.05, 3.63) is 34.3 Å². The number of halogens is 1. The molecule has 90 valence electrons. The maximum atomic E-state index is 3.57. The molecule has 0 aliphatic rings. The predicted molar refractivity (Wildman–Crippen MR) is 78.3 cm³/mol. The molecule has 1 aromatic rings.